The quantitative estimate of drug-likeness (QED) is 0.782. The van der Waals surface area contributed by atoms with E-state index >= 15 is 0 Å². The maximum absolute atomic E-state index is 11.8. The molecule has 0 aliphatic heterocycles. The van der Waals surface area contributed by atoms with Crippen LogP contribution in [-0.2, 0) is 14.3 Å². The van der Waals surface area contributed by atoms with Gasteiger partial charge in [-0.1, -0.05) is 26.0 Å². The van der Waals surface area contributed by atoms with Crippen LogP contribution < -0.4 is 10.1 Å². The van der Waals surface area contributed by atoms with Crippen molar-refractivity contribution in [3.05, 3.63) is 29.8 Å². The molecule has 21 heavy (non-hydrogen) atoms. The zero-order chi connectivity index (χ0) is 15.8. The van der Waals surface area contributed by atoms with Gasteiger partial charge in [0.25, 0.3) is 0 Å². The number of esters is 1. The molecule has 0 heterocycles. The largest absolute Gasteiger partial charge is 0.493 e. The second kappa shape index (κ2) is 8.29. The van der Waals surface area contributed by atoms with E-state index in [-0.39, 0.29) is 24.9 Å². The van der Waals surface area contributed by atoms with Crippen LogP contribution >= 0.6 is 0 Å². The Kier molecular flexibility index (Phi) is 6.72. The average Bonchev–Trinajstić information content (AvgIpc) is 2.43. The summed E-state index contributed by atoms with van der Waals surface area (Å²) in [5.74, 6) is 0.0416. The summed E-state index contributed by atoms with van der Waals surface area (Å²) in [6, 6.07) is 7.00. The molecule has 0 radical (unpaired) electrons. The molecule has 5 nitrogen and oxygen atoms in total. The van der Waals surface area contributed by atoms with E-state index < -0.39 is 12.0 Å². The number of methoxy groups -OCH3 is 1. The first kappa shape index (κ1) is 17.0. The lowest BCUT2D eigenvalue weighted by Crippen LogP contribution is -2.45. The molecule has 1 amide bonds. The standard InChI is InChI=1S/C16H23NO4/c1-11(2)15(16(19)20-4)17-14(18)8-9-21-13-7-5-6-12(3)10-13/h5-7,10-11,15H,8-9H2,1-4H3,(H,17,18). The van der Waals surface area contributed by atoms with Gasteiger partial charge in [0.1, 0.15) is 11.8 Å². The summed E-state index contributed by atoms with van der Waals surface area (Å²) in [5.41, 5.74) is 1.10. The Bertz CT molecular complexity index is 485. The van der Waals surface area contributed by atoms with Crippen molar-refractivity contribution < 1.29 is 19.1 Å². The smallest absolute Gasteiger partial charge is 0.328 e. The highest BCUT2D eigenvalue weighted by Gasteiger charge is 2.24. The molecule has 0 aliphatic carbocycles. The Labute approximate surface area is 125 Å². The van der Waals surface area contributed by atoms with Gasteiger partial charge in [0.15, 0.2) is 0 Å². The molecule has 0 bridgehead atoms. The van der Waals surface area contributed by atoms with Gasteiger partial charge in [0.2, 0.25) is 5.91 Å². The molecule has 1 rings (SSSR count). The molecule has 1 N–H and O–H groups in total. The zero-order valence-electron chi connectivity index (χ0n) is 13.0. The van der Waals surface area contributed by atoms with E-state index in [2.05, 4.69) is 10.1 Å². The fraction of sp³-hybridized carbons (Fsp3) is 0.500. The second-order valence-electron chi connectivity index (χ2n) is 5.23. The molecule has 0 saturated carbocycles. The molecule has 116 valence electrons. The van der Waals surface area contributed by atoms with E-state index in [1.54, 1.807) is 0 Å². The number of ether oxygens (including phenoxy) is 2. The number of amides is 1. The van der Waals surface area contributed by atoms with Crippen molar-refractivity contribution in [2.75, 3.05) is 13.7 Å². The van der Waals surface area contributed by atoms with Gasteiger partial charge in [-0.3, -0.25) is 4.79 Å². The Morgan fingerprint density at radius 3 is 2.57 bits per heavy atom. The highest BCUT2D eigenvalue weighted by molar-refractivity contribution is 5.84. The Hall–Kier alpha value is -2.04. The Morgan fingerprint density at radius 2 is 2.00 bits per heavy atom. The first-order chi connectivity index (χ1) is 9.93. The van der Waals surface area contributed by atoms with E-state index in [9.17, 15) is 9.59 Å². The van der Waals surface area contributed by atoms with Gasteiger partial charge in [0, 0.05) is 0 Å². The first-order valence-electron chi connectivity index (χ1n) is 7.00. The number of carbonyl (C=O) groups excluding carboxylic acids is 2. The van der Waals surface area contributed by atoms with Gasteiger partial charge in [-0.25, -0.2) is 4.79 Å². The summed E-state index contributed by atoms with van der Waals surface area (Å²) in [6.07, 6.45) is 0.189. The fourth-order valence-corrected chi connectivity index (χ4v) is 1.84. The summed E-state index contributed by atoms with van der Waals surface area (Å²) in [7, 11) is 1.31. The maximum Gasteiger partial charge on any atom is 0.328 e. The number of rotatable bonds is 7. The predicted molar refractivity (Wildman–Crippen MR) is 80.1 cm³/mol. The molecule has 5 heteroatoms. The number of nitrogens with one attached hydrogen (secondary N) is 1. The molecule has 1 atom stereocenters. The third-order valence-electron chi connectivity index (χ3n) is 3.03. The normalized spacial score (nSPS) is 11.9. The lowest BCUT2D eigenvalue weighted by Gasteiger charge is -2.19. The molecule has 0 aliphatic rings. The molecule has 0 aromatic heterocycles. The van der Waals surface area contributed by atoms with Crippen LogP contribution in [0.2, 0.25) is 0 Å². The van der Waals surface area contributed by atoms with Crippen LogP contribution in [0.3, 0.4) is 0 Å². The van der Waals surface area contributed by atoms with Crippen LogP contribution in [0.4, 0.5) is 0 Å². The van der Waals surface area contributed by atoms with Crippen LogP contribution in [0.5, 0.6) is 5.75 Å². The molecule has 1 unspecified atom stereocenters. The van der Waals surface area contributed by atoms with Gasteiger partial charge in [-0.15, -0.1) is 0 Å². The number of benzene rings is 1. The minimum Gasteiger partial charge on any atom is -0.493 e. The van der Waals surface area contributed by atoms with Gasteiger partial charge in [-0.2, -0.15) is 0 Å². The lowest BCUT2D eigenvalue weighted by molar-refractivity contribution is -0.146. The van der Waals surface area contributed by atoms with Crippen molar-refractivity contribution in [2.45, 2.75) is 33.2 Å². The Balaban J connectivity index is 2.41. The van der Waals surface area contributed by atoms with Crippen LogP contribution in [0.25, 0.3) is 0 Å². The molecular weight excluding hydrogens is 270 g/mol. The predicted octanol–water partition coefficient (Wildman–Crippen LogP) is 2.08. The van der Waals surface area contributed by atoms with Crippen molar-refractivity contribution >= 4 is 11.9 Å². The second-order valence-corrected chi connectivity index (χ2v) is 5.23. The van der Waals surface area contributed by atoms with Crippen LogP contribution in [0.15, 0.2) is 24.3 Å². The van der Waals surface area contributed by atoms with E-state index in [4.69, 9.17) is 4.74 Å². The minimum absolute atomic E-state index is 0.0286. The van der Waals surface area contributed by atoms with Crippen molar-refractivity contribution in [1.82, 2.24) is 5.32 Å². The first-order valence-corrected chi connectivity index (χ1v) is 7.00. The topological polar surface area (TPSA) is 64.6 Å². The third kappa shape index (κ3) is 5.85. The molecule has 1 aromatic carbocycles. The third-order valence-corrected chi connectivity index (χ3v) is 3.03. The molecule has 0 saturated heterocycles. The summed E-state index contributed by atoms with van der Waals surface area (Å²) in [4.78, 5) is 23.4. The van der Waals surface area contributed by atoms with Crippen molar-refractivity contribution in [3.8, 4) is 5.75 Å². The highest BCUT2D eigenvalue weighted by Crippen LogP contribution is 2.12. The average molecular weight is 293 g/mol. The van der Waals surface area contributed by atoms with Crippen LogP contribution in [0, 0.1) is 12.8 Å². The van der Waals surface area contributed by atoms with Crippen LogP contribution in [0.1, 0.15) is 25.8 Å². The Morgan fingerprint density at radius 1 is 1.29 bits per heavy atom. The summed E-state index contributed by atoms with van der Waals surface area (Å²) in [6.45, 7) is 5.95. The summed E-state index contributed by atoms with van der Waals surface area (Å²) in [5, 5.41) is 2.67. The van der Waals surface area contributed by atoms with Crippen molar-refractivity contribution in [1.29, 1.82) is 0 Å². The van der Waals surface area contributed by atoms with Gasteiger partial charge >= 0.3 is 5.97 Å². The van der Waals surface area contributed by atoms with E-state index in [1.165, 1.54) is 7.11 Å². The summed E-state index contributed by atoms with van der Waals surface area (Å²) < 4.78 is 10.2. The monoisotopic (exact) mass is 293 g/mol. The lowest BCUT2D eigenvalue weighted by atomic mass is 10.0. The van der Waals surface area contributed by atoms with E-state index in [0.717, 1.165) is 11.3 Å². The van der Waals surface area contributed by atoms with Gasteiger partial charge in [-0.05, 0) is 30.5 Å². The maximum atomic E-state index is 11.8. The summed E-state index contributed by atoms with van der Waals surface area (Å²) >= 11 is 0. The minimum atomic E-state index is -0.624. The fourth-order valence-electron chi connectivity index (χ4n) is 1.84. The molecule has 0 spiro atoms. The van der Waals surface area contributed by atoms with Crippen LogP contribution in [-0.4, -0.2) is 31.6 Å². The highest BCUT2D eigenvalue weighted by atomic mass is 16.5. The van der Waals surface area contributed by atoms with E-state index in [1.807, 2.05) is 45.0 Å². The van der Waals surface area contributed by atoms with Gasteiger partial charge in [0.05, 0.1) is 20.1 Å². The zero-order valence-corrected chi connectivity index (χ0v) is 13.0. The van der Waals surface area contributed by atoms with Crippen molar-refractivity contribution in [3.63, 3.8) is 0 Å². The van der Waals surface area contributed by atoms with Crippen molar-refractivity contribution in [2.24, 2.45) is 5.92 Å². The van der Waals surface area contributed by atoms with E-state index in [0.29, 0.717) is 0 Å². The molecule has 0 fully saturated rings. The molecular formula is C16H23NO4. The number of carbonyl (C=O) groups is 2. The number of aryl methyl sites for hydroxylation is 1. The SMILES string of the molecule is COC(=O)C(NC(=O)CCOc1cccc(C)c1)C(C)C. The number of hydrogen-bond donors (Lipinski definition) is 1. The molecule has 1 aromatic rings. The number of hydrogen-bond acceptors (Lipinski definition) is 4. The van der Waals surface area contributed by atoms with Gasteiger partial charge < -0.3 is 14.8 Å².